The molecule has 0 aromatic carbocycles. The van der Waals surface area contributed by atoms with E-state index in [1.54, 1.807) is 6.92 Å². The third-order valence-corrected chi connectivity index (χ3v) is 4.17. The van der Waals surface area contributed by atoms with Gasteiger partial charge in [-0.15, -0.1) is 0 Å². The Balaban J connectivity index is 1.95. The third-order valence-electron chi connectivity index (χ3n) is 4.17. The Morgan fingerprint density at radius 3 is 2.29 bits per heavy atom. The van der Waals surface area contributed by atoms with Crippen LogP contribution in [-0.4, -0.2) is 29.0 Å². The van der Waals surface area contributed by atoms with Gasteiger partial charge in [0.05, 0.1) is 5.76 Å². The molecule has 2 aliphatic rings. The van der Waals surface area contributed by atoms with E-state index in [2.05, 4.69) is 0 Å². The van der Waals surface area contributed by atoms with Crippen LogP contribution in [0.25, 0.3) is 0 Å². The first kappa shape index (κ1) is 12.5. The van der Waals surface area contributed by atoms with Crippen molar-refractivity contribution in [3.8, 4) is 0 Å². The van der Waals surface area contributed by atoms with Gasteiger partial charge in [-0.3, -0.25) is 4.79 Å². The molecule has 1 heterocycles. The highest BCUT2D eigenvalue weighted by molar-refractivity contribution is 5.73. The highest BCUT2D eigenvalue weighted by atomic mass is 16.3. The van der Waals surface area contributed by atoms with E-state index in [1.807, 2.05) is 4.90 Å². The lowest BCUT2D eigenvalue weighted by Gasteiger charge is -2.30. The first-order chi connectivity index (χ1) is 8.18. The molecule has 0 radical (unpaired) electrons. The standard InChI is InChI=1S/C14H23NO2/c1-11(16)15-9-7-13(8-10-15)14(17)12-5-3-2-4-6-12/h12,17H,2-10H2,1H3. The molecule has 3 heteroatoms. The summed E-state index contributed by atoms with van der Waals surface area (Å²) in [5, 5.41) is 10.3. The average Bonchev–Trinajstić information content (AvgIpc) is 2.39. The topological polar surface area (TPSA) is 40.5 Å². The van der Waals surface area contributed by atoms with Crippen molar-refractivity contribution in [2.45, 2.75) is 51.9 Å². The van der Waals surface area contributed by atoms with E-state index in [1.165, 1.54) is 24.8 Å². The molecule has 0 atom stereocenters. The Kier molecular flexibility index (Phi) is 4.08. The largest absolute Gasteiger partial charge is 0.512 e. The summed E-state index contributed by atoms with van der Waals surface area (Å²) in [4.78, 5) is 13.1. The molecular formula is C14H23NO2. The van der Waals surface area contributed by atoms with Crippen LogP contribution < -0.4 is 0 Å². The number of aliphatic hydroxyl groups is 1. The third kappa shape index (κ3) is 3.02. The highest BCUT2D eigenvalue weighted by Gasteiger charge is 2.23. The van der Waals surface area contributed by atoms with E-state index in [4.69, 9.17) is 0 Å². The second-order valence-electron chi connectivity index (χ2n) is 5.33. The molecule has 1 amide bonds. The number of likely N-dealkylation sites (tertiary alicyclic amines) is 1. The number of piperidine rings is 1. The number of nitrogens with zero attached hydrogens (tertiary/aromatic N) is 1. The number of rotatable bonds is 1. The van der Waals surface area contributed by atoms with E-state index in [9.17, 15) is 9.90 Å². The van der Waals surface area contributed by atoms with Gasteiger partial charge in [-0.25, -0.2) is 0 Å². The van der Waals surface area contributed by atoms with Crippen LogP contribution in [0.4, 0.5) is 0 Å². The number of carbonyl (C=O) groups excluding carboxylic acids is 1. The lowest BCUT2D eigenvalue weighted by molar-refractivity contribution is -0.129. The van der Waals surface area contributed by atoms with Crippen molar-refractivity contribution in [3.05, 3.63) is 11.3 Å². The summed E-state index contributed by atoms with van der Waals surface area (Å²) in [7, 11) is 0. The number of hydrogen-bond donors (Lipinski definition) is 1. The molecule has 1 aliphatic carbocycles. The minimum Gasteiger partial charge on any atom is -0.512 e. The van der Waals surface area contributed by atoms with Gasteiger partial charge in [0.15, 0.2) is 0 Å². The zero-order valence-electron chi connectivity index (χ0n) is 10.7. The van der Waals surface area contributed by atoms with E-state index < -0.39 is 0 Å². The predicted molar refractivity (Wildman–Crippen MR) is 67.7 cm³/mol. The maximum absolute atomic E-state index is 11.2. The Labute approximate surface area is 103 Å². The maximum Gasteiger partial charge on any atom is 0.219 e. The van der Waals surface area contributed by atoms with Crippen molar-refractivity contribution >= 4 is 5.91 Å². The number of allylic oxidation sites excluding steroid dienone is 1. The van der Waals surface area contributed by atoms with E-state index in [0.717, 1.165) is 38.8 Å². The van der Waals surface area contributed by atoms with Gasteiger partial charge in [0.2, 0.25) is 5.91 Å². The number of aliphatic hydroxyl groups excluding tert-OH is 1. The average molecular weight is 237 g/mol. The SMILES string of the molecule is CC(=O)N1CCC(=C(O)C2CCCCC2)CC1. The van der Waals surface area contributed by atoms with Gasteiger partial charge < -0.3 is 10.0 Å². The summed E-state index contributed by atoms with van der Waals surface area (Å²) < 4.78 is 0. The van der Waals surface area contributed by atoms with Gasteiger partial charge in [0.1, 0.15) is 0 Å². The van der Waals surface area contributed by atoms with Crippen LogP contribution in [0, 0.1) is 5.92 Å². The molecule has 17 heavy (non-hydrogen) atoms. The van der Waals surface area contributed by atoms with Crippen LogP contribution in [0.15, 0.2) is 11.3 Å². The summed E-state index contributed by atoms with van der Waals surface area (Å²) in [5.74, 6) is 1.22. The molecule has 1 aliphatic heterocycles. The van der Waals surface area contributed by atoms with Gasteiger partial charge in [0.25, 0.3) is 0 Å². The molecule has 2 rings (SSSR count). The number of carbonyl (C=O) groups is 1. The van der Waals surface area contributed by atoms with Crippen molar-refractivity contribution in [1.82, 2.24) is 4.90 Å². The summed E-state index contributed by atoms with van der Waals surface area (Å²) in [6, 6.07) is 0. The quantitative estimate of drug-likeness (QED) is 0.712. The fourth-order valence-corrected chi connectivity index (χ4v) is 3.01. The van der Waals surface area contributed by atoms with Crippen LogP contribution in [0.3, 0.4) is 0 Å². The molecule has 2 fully saturated rings. The highest BCUT2D eigenvalue weighted by Crippen LogP contribution is 2.32. The lowest BCUT2D eigenvalue weighted by Crippen LogP contribution is -2.35. The van der Waals surface area contributed by atoms with Gasteiger partial charge >= 0.3 is 0 Å². The summed E-state index contributed by atoms with van der Waals surface area (Å²) in [6.07, 6.45) is 7.84. The van der Waals surface area contributed by atoms with E-state index in [0.29, 0.717) is 11.7 Å². The molecule has 0 unspecified atom stereocenters. The van der Waals surface area contributed by atoms with Gasteiger partial charge in [-0.2, -0.15) is 0 Å². The summed E-state index contributed by atoms with van der Waals surface area (Å²) in [5.41, 5.74) is 1.20. The Morgan fingerprint density at radius 2 is 1.76 bits per heavy atom. The molecule has 96 valence electrons. The Morgan fingerprint density at radius 1 is 1.18 bits per heavy atom. The molecule has 3 nitrogen and oxygen atoms in total. The number of hydrogen-bond acceptors (Lipinski definition) is 2. The normalized spacial score (nSPS) is 22.6. The molecule has 0 aromatic heterocycles. The molecule has 1 saturated carbocycles. The van der Waals surface area contributed by atoms with Gasteiger partial charge in [0, 0.05) is 25.9 Å². The zero-order valence-corrected chi connectivity index (χ0v) is 10.7. The summed E-state index contributed by atoms with van der Waals surface area (Å²) in [6.45, 7) is 3.18. The van der Waals surface area contributed by atoms with Crippen molar-refractivity contribution in [2.75, 3.05) is 13.1 Å². The molecule has 0 aromatic rings. The first-order valence-electron chi connectivity index (χ1n) is 6.85. The smallest absolute Gasteiger partial charge is 0.219 e. The van der Waals surface area contributed by atoms with Crippen LogP contribution in [0.5, 0.6) is 0 Å². The molecule has 0 spiro atoms. The predicted octanol–water partition coefficient (Wildman–Crippen LogP) is 3.02. The second kappa shape index (κ2) is 5.56. The molecule has 1 N–H and O–H groups in total. The lowest BCUT2D eigenvalue weighted by atomic mass is 9.85. The Bertz CT molecular complexity index is 306. The van der Waals surface area contributed by atoms with Gasteiger partial charge in [-0.05, 0) is 31.3 Å². The van der Waals surface area contributed by atoms with Crippen molar-refractivity contribution < 1.29 is 9.90 Å². The zero-order chi connectivity index (χ0) is 12.3. The summed E-state index contributed by atoms with van der Waals surface area (Å²) >= 11 is 0. The minimum atomic E-state index is 0.154. The first-order valence-corrected chi connectivity index (χ1v) is 6.85. The fourth-order valence-electron chi connectivity index (χ4n) is 3.01. The monoisotopic (exact) mass is 237 g/mol. The van der Waals surface area contributed by atoms with Crippen LogP contribution in [0.2, 0.25) is 0 Å². The van der Waals surface area contributed by atoms with Crippen molar-refractivity contribution in [1.29, 1.82) is 0 Å². The molecule has 0 bridgehead atoms. The Hall–Kier alpha value is -0.990. The van der Waals surface area contributed by atoms with Crippen LogP contribution in [-0.2, 0) is 4.79 Å². The maximum atomic E-state index is 11.2. The van der Waals surface area contributed by atoms with E-state index >= 15 is 0 Å². The van der Waals surface area contributed by atoms with Gasteiger partial charge in [-0.1, -0.05) is 19.3 Å². The fraction of sp³-hybridized carbons (Fsp3) is 0.786. The van der Waals surface area contributed by atoms with Crippen molar-refractivity contribution in [3.63, 3.8) is 0 Å². The second-order valence-corrected chi connectivity index (χ2v) is 5.33. The van der Waals surface area contributed by atoms with Crippen LogP contribution in [0.1, 0.15) is 51.9 Å². The molecular weight excluding hydrogens is 214 g/mol. The van der Waals surface area contributed by atoms with E-state index in [-0.39, 0.29) is 5.91 Å². The van der Waals surface area contributed by atoms with Crippen LogP contribution >= 0.6 is 0 Å². The number of amides is 1. The molecule has 1 saturated heterocycles. The minimum absolute atomic E-state index is 0.154. The van der Waals surface area contributed by atoms with Crippen molar-refractivity contribution in [2.24, 2.45) is 5.92 Å².